The molecule has 0 bridgehead atoms. The van der Waals surface area contributed by atoms with Gasteiger partial charge in [0.25, 0.3) is 5.91 Å². The minimum absolute atomic E-state index is 0.0924. The highest BCUT2D eigenvalue weighted by molar-refractivity contribution is 7.21. The molecule has 1 fully saturated rings. The molecule has 1 amide bonds. The van der Waals surface area contributed by atoms with Gasteiger partial charge in [-0.2, -0.15) is 0 Å². The second kappa shape index (κ2) is 6.89. The molecule has 1 aliphatic rings. The fraction of sp³-hybridized carbons (Fsp3) is 0.412. The van der Waals surface area contributed by atoms with Crippen molar-refractivity contribution in [3.8, 4) is 0 Å². The number of rotatable bonds is 3. The van der Waals surface area contributed by atoms with Gasteiger partial charge in [-0.25, -0.2) is 0 Å². The van der Waals surface area contributed by atoms with Crippen molar-refractivity contribution in [3.05, 3.63) is 34.2 Å². The highest BCUT2D eigenvalue weighted by Crippen LogP contribution is 2.36. The second-order valence-corrected chi connectivity index (χ2v) is 7.01. The van der Waals surface area contributed by atoms with E-state index >= 15 is 0 Å². The molecular weight excluding hydrogens is 334 g/mol. The van der Waals surface area contributed by atoms with Gasteiger partial charge in [0.2, 0.25) is 0 Å². The maximum absolute atomic E-state index is 12.8. The van der Waals surface area contributed by atoms with Crippen LogP contribution in [0.4, 0.5) is 0 Å². The van der Waals surface area contributed by atoms with E-state index in [4.69, 9.17) is 16.3 Å². The monoisotopic (exact) mass is 351 g/mol. The molecule has 6 heteroatoms. The maximum atomic E-state index is 12.8. The van der Waals surface area contributed by atoms with E-state index in [0.717, 1.165) is 22.9 Å². The normalized spacial score (nSPS) is 18.2. The zero-order valence-electron chi connectivity index (χ0n) is 12.9. The van der Waals surface area contributed by atoms with Crippen molar-refractivity contribution >= 4 is 44.9 Å². The molecule has 3 rings (SSSR count). The maximum Gasteiger partial charge on any atom is 0.310 e. The summed E-state index contributed by atoms with van der Waals surface area (Å²) in [5.74, 6) is -0.543. The summed E-state index contributed by atoms with van der Waals surface area (Å²) >= 11 is 7.80. The number of thiophene rings is 1. The molecular formula is C17H18ClNO3S. The molecule has 1 aliphatic heterocycles. The lowest BCUT2D eigenvalue weighted by atomic mass is 9.98. The number of piperidine rings is 1. The lowest BCUT2D eigenvalue weighted by Crippen LogP contribution is -2.42. The SMILES string of the molecule is CCOC(=O)C1CCCN(C(=O)c2sc3ccccc3c2Cl)C1. The molecule has 2 aromatic rings. The molecule has 1 saturated heterocycles. The Morgan fingerprint density at radius 3 is 2.91 bits per heavy atom. The van der Waals surface area contributed by atoms with Crippen LogP contribution in [-0.4, -0.2) is 36.5 Å². The van der Waals surface area contributed by atoms with E-state index in [1.165, 1.54) is 11.3 Å². The summed E-state index contributed by atoms with van der Waals surface area (Å²) < 4.78 is 6.09. The molecule has 4 nitrogen and oxygen atoms in total. The lowest BCUT2D eigenvalue weighted by molar-refractivity contribution is -0.149. The summed E-state index contributed by atoms with van der Waals surface area (Å²) in [6.07, 6.45) is 1.57. The number of nitrogens with zero attached hydrogens (tertiary/aromatic N) is 1. The topological polar surface area (TPSA) is 46.6 Å². The Hall–Kier alpha value is -1.59. The predicted molar refractivity (Wildman–Crippen MR) is 92.1 cm³/mol. The Morgan fingerprint density at radius 2 is 2.17 bits per heavy atom. The number of halogens is 1. The third-order valence-corrected chi connectivity index (χ3v) is 5.72. The van der Waals surface area contributed by atoms with E-state index in [1.807, 2.05) is 24.3 Å². The molecule has 1 unspecified atom stereocenters. The van der Waals surface area contributed by atoms with Gasteiger partial charge < -0.3 is 9.64 Å². The van der Waals surface area contributed by atoms with Crippen LogP contribution in [0.15, 0.2) is 24.3 Å². The fourth-order valence-electron chi connectivity index (χ4n) is 2.91. The molecule has 0 saturated carbocycles. The summed E-state index contributed by atoms with van der Waals surface area (Å²) in [5, 5.41) is 1.41. The minimum atomic E-state index is -0.235. The smallest absolute Gasteiger partial charge is 0.310 e. The molecule has 0 spiro atoms. The number of carbonyl (C=O) groups is 2. The van der Waals surface area contributed by atoms with Crippen molar-refractivity contribution in [1.29, 1.82) is 0 Å². The molecule has 1 aromatic heterocycles. The Morgan fingerprint density at radius 1 is 1.39 bits per heavy atom. The third kappa shape index (κ3) is 3.21. The van der Waals surface area contributed by atoms with Gasteiger partial charge in [0.1, 0.15) is 4.88 Å². The Labute approximate surface area is 144 Å². The first-order chi connectivity index (χ1) is 11.1. The van der Waals surface area contributed by atoms with E-state index in [9.17, 15) is 9.59 Å². The summed E-state index contributed by atoms with van der Waals surface area (Å²) in [5.41, 5.74) is 0. The molecule has 0 radical (unpaired) electrons. The zero-order valence-corrected chi connectivity index (χ0v) is 14.5. The van der Waals surface area contributed by atoms with Gasteiger partial charge in [-0.05, 0) is 25.8 Å². The van der Waals surface area contributed by atoms with Gasteiger partial charge >= 0.3 is 5.97 Å². The van der Waals surface area contributed by atoms with Crippen LogP contribution in [0, 0.1) is 5.92 Å². The standard InChI is InChI=1S/C17H18ClNO3S/c1-2-22-17(21)11-6-5-9-19(10-11)16(20)15-14(18)12-7-3-4-8-13(12)23-15/h3-4,7-8,11H,2,5-6,9-10H2,1H3. The van der Waals surface area contributed by atoms with Crippen LogP contribution in [-0.2, 0) is 9.53 Å². The van der Waals surface area contributed by atoms with Gasteiger partial charge in [0.15, 0.2) is 0 Å². The number of hydrogen-bond acceptors (Lipinski definition) is 4. The van der Waals surface area contributed by atoms with Crippen LogP contribution in [0.3, 0.4) is 0 Å². The first-order valence-electron chi connectivity index (χ1n) is 7.74. The second-order valence-electron chi connectivity index (χ2n) is 5.58. The highest BCUT2D eigenvalue weighted by atomic mass is 35.5. The fourth-order valence-corrected chi connectivity index (χ4v) is 4.39. The van der Waals surface area contributed by atoms with E-state index in [1.54, 1.807) is 11.8 Å². The average Bonchev–Trinajstić information content (AvgIpc) is 2.92. The van der Waals surface area contributed by atoms with Crippen molar-refractivity contribution in [2.75, 3.05) is 19.7 Å². The van der Waals surface area contributed by atoms with Crippen molar-refractivity contribution in [2.45, 2.75) is 19.8 Å². The van der Waals surface area contributed by atoms with Crippen molar-refractivity contribution in [3.63, 3.8) is 0 Å². The van der Waals surface area contributed by atoms with E-state index in [0.29, 0.717) is 29.6 Å². The van der Waals surface area contributed by atoms with Crippen LogP contribution < -0.4 is 0 Å². The van der Waals surface area contributed by atoms with Crippen LogP contribution in [0.1, 0.15) is 29.4 Å². The van der Waals surface area contributed by atoms with Crippen LogP contribution >= 0.6 is 22.9 Å². The summed E-state index contributed by atoms with van der Waals surface area (Å²) in [6, 6.07) is 7.72. The molecule has 23 heavy (non-hydrogen) atoms. The molecule has 0 aliphatic carbocycles. The summed E-state index contributed by atoms with van der Waals surface area (Å²) in [6.45, 7) is 3.22. The summed E-state index contributed by atoms with van der Waals surface area (Å²) in [7, 11) is 0. The van der Waals surface area contributed by atoms with Crippen LogP contribution in [0.25, 0.3) is 10.1 Å². The number of carbonyl (C=O) groups excluding carboxylic acids is 2. The highest BCUT2D eigenvalue weighted by Gasteiger charge is 2.31. The van der Waals surface area contributed by atoms with E-state index in [2.05, 4.69) is 0 Å². The Kier molecular flexibility index (Phi) is 4.87. The lowest BCUT2D eigenvalue weighted by Gasteiger charge is -2.31. The quantitative estimate of drug-likeness (QED) is 0.786. The molecule has 122 valence electrons. The van der Waals surface area contributed by atoms with Gasteiger partial charge in [0, 0.05) is 23.2 Å². The molecule has 2 heterocycles. The predicted octanol–water partition coefficient (Wildman–Crippen LogP) is 3.97. The molecule has 1 aromatic carbocycles. The number of ether oxygens (including phenoxy) is 1. The van der Waals surface area contributed by atoms with Gasteiger partial charge in [-0.15, -0.1) is 11.3 Å². The summed E-state index contributed by atoms with van der Waals surface area (Å²) in [4.78, 5) is 27.0. The van der Waals surface area contributed by atoms with Crippen molar-refractivity contribution in [2.24, 2.45) is 5.92 Å². The average molecular weight is 352 g/mol. The zero-order chi connectivity index (χ0) is 16.4. The number of likely N-dealkylation sites (tertiary alicyclic amines) is 1. The Bertz CT molecular complexity index is 743. The van der Waals surface area contributed by atoms with Crippen LogP contribution in [0.2, 0.25) is 5.02 Å². The number of esters is 1. The van der Waals surface area contributed by atoms with Gasteiger partial charge in [-0.3, -0.25) is 9.59 Å². The number of hydrogen-bond donors (Lipinski definition) is 0. The minimum Gasteiger partial charge on any atom is -0.466 e. The Balaban J connectivity index is 1.81. The molecule has 1 atom stereocenters. The first-order valence-corrected chi connectivity index (χ1v) is 8.94. The third-order valence-electron chi connectivity index (χ3n) is 4.06. The van der Waals surface area contributed by atoms with E-state index in [-0.39, 0.29) is 17.8 Å². The van der Waals surface area contributed by atoms with Crippen molar-refractivity contribution in [1.82, 2.24) is 4.90 Å². The van der Waals surface area contributed by atoms with Gasteiger partial charge in [-0.1, -0.05) is 29.8 Å². The molecule has 0 N–H and O–H groups in total. The number of amides is 1. The van der Waals surface area contributed by atoms with Gasteiger partial charge in [0.05, 0.1) is 17.5 Å². The number of benzene rings is 1. The number of fused-ring (bicyclic) bond motifs is 1. The van der Waals surface area contributed by atoms with Crippen LogP contribution in [0.5, 0.6) is 0 Å². The van der Waals surface area contributed by atoms with Crippen molar-refractivity contribution < 1.29 is 14.3 Å². The van der Waals surface area contributed by atoms with E-state index < -0.39 is 0 Å². The largest absolute Gasteiger partial charge is 0.466 e. The first kappa shape index (κ1) is 16.3.